The molecule has 1 aromatic carbocycles. The zero-order valence-electron chi connectivity index (χ0n) is 15.3. The van der Waals surface area contributed by atoms with Crippen LogP contribution < -0.4 is 10.5 Å². The lowest BCUT2D eigenvalue weighted by molar-refractivity contribution is -0.175. The number of benzene rings is 1. The third kappa shape index (κ3) is 3.93. The lowest BCUT2D eigenvalue weighted by Gasteiger charge is -2.45. The Balaban J connectivity index is 1.85. The van der Waals surface area contributed by atoms with Gasteiger partial charge in [0.2, 0.25) is 5.91 Å². The zero-order chi connectivity index (χ0) is 18.2. The minimum absolute atomic E-state index is 0.172. The van der Waals surface area contributed by atoms with Crippen LogP contribution in [0.5, 0.6) is 5.75 Å². The molecule has 1 fully saturated rings. The summed E-state index contributed by atoms with van der Waals surface area (Å²) in [6, 6.07) is 7.24. The van der Waals surface area contributed by atoms with E-state index in [-0.39, 0.29) is 11.2 Å². The second-order valence-electron chi connectivity index (χ2n) is 8.08. The fourth-order valence-electron chi connectivity index (χ4n) is 4.12. The second kappa shape index (κ2) is 6.30. The number of aromatic nitrogens is 1. The normalized spacial score (nSPS) is 19.7. The molecule has 0 atom stereocenters. The molecule has 5 heteroatoms. The molecule has 3 rings (SSSR count). The molecule has 0 aliphatic carbocycles. The first-order chi connectivity index (χ1) is 11.7. The molecule has 1 aromatic heterocycles. The van der Waals surface area contributed by atoms with Crippen LogP contribution in [0.25, 0.3) is 10.9 Å². The molecule has 2 heterocycles. The van der Waals surface area contributed by atoms with Gasteiger partial charge in [0, 0.05) is 6.20 Å². The number of pyridine rings is 1. The Bertz CT molecular complexity index is 777. The van der Waals surface area contributed by atoms with Gasteiger partial charge >= 0.3 is 0 Å². The minimum atomic E-state index is -0.475. The van der Waals surface area contributed by atoms with E-state index in [9.17, 15) is 4.79 Å². The third-order valence-corrected chi connectivity index (χ3v) is 4.58. The average molecular weight is 342 g/mol. The number of amides is 1. The van der Waals surface area contributed by atoms with Gasteiger partial charge in [0.05, 0.1) is 34.3 Å². The molecule has 0 bridgehead atoms. The predicted octanol–water partition coefficient (Wildman–Crippen LogP) is 3.70. The van der Waals surface area contributed by atoms with Crippen LogP contribution in [0, 0.1) is 5.92 Å². The zero-order valence-corrected chi connectivity index (χ0v) is 15.3. The second-order valence-corrected chi connectivity index (χ2v) is 8.08. The SMILES string of the molecule is CC1(C)CC(COc2cccc3nccc(C(N)=O)c23)CC(C)(C)O1. The Morgan fingerprint density at radius 1 is 1.24 bits per heavy atom. The first kappa shape index (κ1) is 17.7. The topological polar surface area (TPSA) is 74.4 Å². The molecule has 2 N–H and O–H groups in total. The highest BCUT2D eigenvalue weighted by atomic mass is 16.5. The Morgan fingerprint density at radius 3 is 2.56 bits per heavy atom. The highest BCUT2D eigenvalue weighted by Crippen LogP contribution is 2.39. The van der Waals surface area contributed by atoms with Crippen molar-refractivity contribution in [2.24, 2.45) is 11.7 Å². The molecule has 0 spiro atoms. The summed E-state index contributed by atoms with van der Waals surface area (Å²) in [7, 11) is 0. The molecule has 0 unspecified atom stereocenters. The van der Waals surface area contributed by atoms with Crippen LogP contribution in [0.1, 0.15) is 50.9 Å². The van der Waals surface area contributed by atoms with Gasteiger partial charge in [-0.25, -0.2) is 0 Å². The highest BCUT2D eigenvalue weighted by molar-refractivity contribution is 6.07. The van der Waals surface area contributed by atoms with E-state index < -0.39 is 5.91 Å². The van der Waals surface area contributed by atoms with Gasteiger partial charge in [-0.15, -0.1) is 0 Å². The van der Waals surface area contributed by atoms with E-state index in [1.54, 1.807) is 12.3 Å². The molecule has 25 heavy (non-hydrogen) atoms. The number of nitrogens with zero attached hydrogens (tertiary/aromatic N) is 1. The van der Waals surface area contributed by atoms with Gasteiger partial charge in [-0.2, -0.15) is 0 Å². The van der Waals surface area contributed by atoms with E-state index >= 15 is 0 Å². The number of hydrogen-bond acceptors (Lipinski definition) is 4. The number of rotatable bonds is 4. The average Bonchev–Trinajstić information content (AvgIpc) is 2.49. The number of fused-ring (bicyclic) bond motifs is 1. The van der Waals surface area contributed by atoms with Crippen molar-refractivity contribution < 1.29 is 14.3 Å². The van der Waals surface area contributed by atoms with Crippen molar-refractivity contribution in [3.05, 3.63) is 36.0 Å². The summed E-state index contributed by atoms with van der Waals surface area (Å²) >= 11 is 0. The van der Waals surface area contributed by atoms with E-state index in [2.05, 4.69) is 32.7 Å². The van der Waals surface area contributed by atoms with Crippen LogP contribution in [-0.4, -0.2) is 28.7 Å². The van der Waals surface area contributed by atoms with E-state index in [0.717, 1.165) is 12.8 Å². The predicted molar refractivity (Wildman–Crippen MR) is 97.7 cm³/mol. The maximum Gasteiger partial charge on any atom is 0.249 e. The van der Waals surface area contributed by atoms with Gasteiger partial charge in [0.25, 0.3) is 0 Å². The standard InChI is InChI=1S/C20H26N2O3/c1-19(2)10-13(11-20(3,4)25-19)12-24-16-7-5-6-15-17(16)14(18(21)23)8-9-22-15/h5-9,13H,10-12H2,1-4H3,(H2,21,23). The van der Waals surface area contributed by atoms with Crippen LogP contribution in [-0.2, 0) is 4.74 Å². The monoisotopic (exact) mass is 342 g/mol. The third-order valence-electron chi connectivity index (χ3n) is 4.58. The quantitative estimate of drug-likeness (QED) is 0.919. The smallest absolute Gasteiger partial charge is 0.249 e. The molecule has 1 amide bonds. The molecule has 0 radical (unpaired) electrons. The summed E-state index contributed by atoms with van der Waals surface area (Å²) in [5.74, 6) is 0.556. The first-order valence-electron chi connectivity index (χ1n) is 8.67. The molecule has 1 aliphatic rings. The maximum absolute atomic E-state index is 11.8. The highest BCUT2D eigenvalue weighted by Gasteiger charge is 2.39. The lowest BCUT2D eigenvalue weighted by Crippen LogP contribution is -2.46. The Hall–Kier alpha value is -2.14. The van der Waals surface area contributed by atoms with Gasteiger partial charge < -0.3 is 15.2 Å². The molecule has 1 saturated heterocycles. The Kier molecular flexibility index (Phi) is 4.45. The summed E-state index contributed by atoms with van der Waals surface area (Å²) in [5, 5.41) is 0.683. The summed E-state index contributed by atoms with van der Waals surface area (Å²) in [5.41, 5.74) is 6.32. The van der Waals surface area contributed by atoms with E-state index in [0.29, 0.717) is 34.7 Å². The van der Waals surface area contributed by atoms with Crippen molar-refractivity contribution in [3.63, 3.8) is 0 Å². The summed E-state index contributed by atoms with van der Waals surface area (Å²) in [6.45, 7) is 9.05. The molecule has 134 valence electrons. The molecular weight excluding hydrogens is 316 g/mol. The van der Waals surface area contributed by atoms with Crippen LogP contribution in [0.4, 0.5) is 0 Å². The number of nitrogens with two attached hydrogens (primary N) is 1. The van der Waals surface area contributed by atoms with Crippen molar-refractivity contribution in [3.8, 4) is 5.75 Å². The number of hydrogen-bond donors (Lipinski definition) is 1. The fraction of sp³-hybridized carbons (Fsp3) is 0.500. The van der Waals surface area contributed by atoms with Crippen LogP contribution >= 0.6 is 0 Å². The Morgan fingerprint density at radius 2 is 1.92 bits per heavy atom. The van der Waals surface area contributed by atoms with Gasteiger partial charge in [0.15, 0.2) is 0 Å². The molecule has 2 aromatic rings. The van der Waals surface area contributed by atoms with Crippen molar-refractivity contribution in [2.45, 2.75) is 51.7 Å². The molecule has 1 aliphatic heterocycles. The number of carbonyl (C=O) groups is 1. The molecule has 5 nitrogen and oxygen atoms in total. The van der Waals surface area contributed by atoms with Gasteiger partial charge in [-0.05, 0) is 64.7 Å². The van der Waals surface area contributed by atoms with Crippen LogP contribution in [0.15, 0.2) is 30.5 Å². The number of ether oxygens (including phenoxy) is 2. The van der Waals surface area contributed by atoms with Gasteiger partial charge in [0.1, 0.15) is 5.75 Å². The van der Waals surface area contributed by atoms with Crippen molar-refractivity contribution in [1.82, 2.24) is 4.98 Å². The number of carbonyl (C=O) groups excluding carboxylic acids is 1. The van der Waals surface area contributed by atoms with Crippen molar-refractivity contribution in [1.29, 1.82) is 0 Å². The van der Waals surface area contributed by atoms with Gasteiger partial charge in [-0.3, -0.25) is 9.78 Å². The largest absolute Gasteiger partial charge is 0.493 e. The van der Waals surface area contributed by atoms with Crippen molar-refractivity contribution in [2.75, 3.05) is 6.61 Å². The number of primary amides is 1. The fourth-order valence-corrected chi connectivity index (χ4v) is 4.12. The maximum atomic E-state index is 11.8. The van der Waals surface area contributed by atoms with Crippen LogP contribution in [0.3, 0.4) is 0 Å². The Labute approximate surface area is 148 Å². The summed E-state index contributed by atoms with van der Waals surface area (Å²) in [4.78, 5) is 16.1. The first-order valence-corrected chi connectivity index (χ1v) is 8.67. The van der Waals surface area contributed by atoms with Crippen LogP contribution in [0.2, 0.25) is 0 Å². The summed E-state index contributed by atoms with van der Waals surface area (Å²) < 4.78 is 12.3. The van der Waals surface area contributed by atoms with E-state index in [1.165, 1.54) is 0 Å². The van der Waals surface area contributed by atoms with Crippen molar-refractivity contribution >= 4 is 16.8 Å². The van der Waals surface area contributed by atoms with E-state index in [4.69, 9.17) is 15.2 Å². The molecule has 0 saturated carbocycles. The summed E-state index contributed by atoms with van der Waals surface area (Å²) in [6.07, 6.45) is 3.46. The lowest BCUT2D eigenvalue weighted by atomic mass is 9.81. The van der Waals surface area contributed by atoms with E-state index in [1.807, 2.05) is 18.2 Å². The minimum Gasteiger partial charge on any atom is -0.493 e. The van der Waals surface area contributed by atoms with Gasteiger partial charge in [-0.1, -0.05) is 6.07 Å². The molecular formula is C20H26N2O3.